The summed E-state index contributed by atoms with van der Waals surface area (Å²) in [6.45, 7) is 11.6. The van der Waals surface area contributed by atoms with Gasteiger partial charge in [0.15, 0.2) is 0 Å². The van der Waals surface area contributed by atoms with E-state index in [0.717, 1.165) is 54.0 Å². The number of carbonyl (C=O) groups excluding carboxylic acids is 1. The van der Waals surface area contributed by atoms with Crippen molar-refractivity contribution in [3.05, 3.63) is 71.1 Å². The number of amides is 1. The van der Waals surface area contributed by atoms with Gasteiger partial charge < -0.3 is 20.0 Å². The number of pyridine rings is 2. The van der Waals surface area contributed by atoms with Gasteiger partial charge in [-0.1, -0.05) is 18.7 Å². The van der Waals surface area contributed by atoms with E-state index < -0.39 is 0 Å². The van der Waals surface area contributed by atoms with Crippen LogP contribution in [0.25, 0.3) is 12.2 Å². The normalized spacial score (nSPS) is 15.5. The Morgan fingerprint density at radius 3 is 2.47 bits per heavy atom. The lowest BCUT2D eigenvalue weighted by Gasteiger charge is -2.33. The molecule has 0 spiro atoms. The lowest BCUT2D eigenvalue weighted by Crippen LogP contribution is -2.44. The van der Waals surface area contributed by atoms with Gasteiger partial charge in [-0.25, -0.2) is 15.0 Å². The van der Waals surface area contributed by atoms with Crippen molar-refractivity contribution < 1.29 is 4.79 Å². The Balaban J connectivity index is 0.00000247. The van der Waals surface area contributed by atoms with Crippen molar-refractivity contribution in [3.63, 3.8) is 0 Å². The van der Waals surface area contributed by atoms with Gasteiger partial charge in [0.05, 0.1) is 0 Å². The smallest absolute Gasteiger partial charge is 0.257 e. The van der Waals surface area contributed by atoms with E-state index in [0.29, 0.717) is 17.8 Å². The van der Waals surface area contributed by atoms with Gasteiger partial charge in [-0.15, -0.1) is 12.8 Å². The number of rotatable bonds is 8. The predicted octanol–water partition coefficient (Wildman–Crippen LogP) is 2.75. The number of aliphatic imine (C=N–C) groups is 1. The van der Waals surface area contributed by atoms with Gasteiger partial charge in [0.2, 0.25) is 0 Å². The maximum atomic E-state index is 13.0. The summed E-state index contributed by atoms with van der Waals surface area (Å²) in [6.07, 6.45) is 19.9. The second-order valence-electron chi connectivity index (χ2n) is 8.89. The molecule has 2 aromatic heterocycles. The van der Waals surface area contributed by atoms with E-state index in [-0.39, 0.29) is 5.91 Å². The number of nitrogens with zero attached hydrogens (tertiary/aromatic N) is 6. The van der Waals surface area contributed by atoms with Crippen LogP contribution in [0.4, 0.5) is 11.6 Å². The lowest BCUT2D eigenvalue weighted by molar-refractivity contribution is 0.102. The maximum absolute atomic E-state index is 13.0. The molecule has 8 heteroatoms. The Morgan fingerprint density at radius 2 is 1.87 bits per heavy atom. The molecule has 1 amide bonds. The molecular weight excluding hydrogens is 474 g/mol. The molecule has 2 aromatic rings. The Hall–Kier alpha value is -4.22. The number of hydrogen-bond acceptors (Lipinski definition) is 7. The van der Waals surface area contributed by atoms with E-state index in [2.05, 4.69) is 57.6 Å². The highest BCUT2D eigenvalue weighted by Crippen LogP contribution is 2.15. The minimum atomic E-state index is -0.212. The molecule has 0 aliphatic carbocycles. The Labute approximate surface area is 226 Å². The van der Waals surface area contributed by atoms with Crippen molar-refractivity contribution in [1.82, 2.24) is 19.8 Å². The van der Waals surface area contributed by atoms with Crippen molar-refractivity contribution in [2.24, 2.45) is 4.99 Å². The zero-order valence-electron chi connectivity index (χ0n) is 23.2. The van der Waals surface area contributed by atoms with Crippen molar-refractivity contribution in [2.45, 2.75) is 20.3 Å². The van der Waals surface area contributed by atoms with Crippen LogP contribution in [0.15, 0.2) is 60.1 Å². The molecule has 200 valence electrons. The topological polar surface area (TPSA) is 77.0 Å². The van der Waals surface area contributed by atoms with Crippen LogP contribution in [0.5, 0.6) is 0 Å². The third-order valence-corrected chi connectivity index (χ3v) is 6.10. The Kier molecular flexibility index (Phi) is 11.9. The van der Waals surface area contributed by atoms with Crippen LogP contribution in [0, 0.1) is 12.8 Å². The highest BCUT2D eigenvalue weighted by molar-refractivity contribution is 6.04. The largest absolute Gasteiger partial charge is 0.363 e. The van der Waals surface area contributed by atoms with Gasteiger partial charge in [-0.3, -0.25) is 4.79 Å². The van der Waals surface area contributed by atoms with Gasteiger partial charge in [0.1, 0.15) is 17.5 Å². The number of hydrogen-bond donors (Lipinski definition) is 1. The highest BCUT2D eigenvalue weighted by atomic mass is 16.1. The summed E-state index contributed by atoms with van der Waals surface area (Å²) in [5.74, 6) is 1.98. The number of aromatic nitrogens is 2. The summed E-state index contributed by atoms with van der Waals surface area (Å²) in [7, 11) is 6.04. The summed E-state index contributed by atoms with van der Waals surface area (Å²) in [4.78, 5) is 33.1. The molecule has 3 rings (SSSR count). The van der Waals surface area contributed by atoms with Crippen LogP contribution in [0.3, 0.4) is 0 Å². The van der Waals surface area contributed by atoms with Crippen LogP contribution in [0.1, 0.15) is 30.6 Å². The first-order valence-corrected chi connectivity index (χ1v) is 12.5. The number of piperazine rings is 1. The molecule has 1 saturated heterocycles. The highest BCUT2D eigenvalue weighted by Gasteiger charge is 2.17. The Morgan fingerprint density at radius 1 is 1.16 bits per heavy atom. The lowest BCUT2D eigenvalue weighted by atomic mass is 10.2. The molecule has 1 aliphatic rings. The molecule has 38 heavy (non-hydrogen) atoms. The zero-order chi connectivity index (χ0) is 28.1. The molecule has 8 nitrogen and oxygen atoms in total. The van der Waals surface area contributed by atoms with Crippen LogP contribution >= 0.6 is 0 Å². The van der Waals surface area contributed by atoms with E-state index in [1.165, 1.54) is 0 Å². The van der Waals surface area contributed by atoms with E-state index in [9.17, 15) is 4.79 Å². The molecule has 0 radical (unpaired) electrons. The third-order valence-electron chi connectivity index (χ3n) is 6.10. The van der Waals surface area contributed by atoms with Crippen LogP contribution in [-0.2, 0) is 0 Å². The van der Waals surface area contributed by atoms with Crippen LogP contribution in [-0.4, -0.2) is 78.7 Å². The summed E-state index contributed by atoms with van der Waals surface area (Å²) < 4.78 is 0. The maximum Gasteiger partial charge on any atom is 0.257 e. The molecule has 0 atom stereocenters. The van der Waals surface area contributed by atoms with Crippen molar-refractivity contribution in [1.29, 1.82) is 0 Å². The average molecular weight is 514 g/mol. The standard InChI is InChI=1S/C28H37N7O.C2H2/c1-7-21-20-30-25(18-22(21)10-11-24(8-2)31-26(9-3)33(4)5)32-28(36)23-12-13-29-27(19-23)35-16-14-34(6)15-17-35;1-2/h7-10,12-13,18-20H,2,11,14-17H2,1,3-6H3,(H,32,36);1-2H/b21-7-,22-10-,26-9+,31-24+;. The van der Waals surface area contributed by atoms with Crippen molar-refractivity contribution in [3.8, 4) is 12.8 Å². The number of likely N-dealkylation sites (N-methyl/N-ethyl adjacent to an activating group) is 1. The van der Waals surface area contributed by atoms with Gasteiger partial charge >= 0.3 is 0 Å². The summed E-state index contributed by atoms with van der Waals surface area (Å²) in [6, 6.07) is 5.46. The fourth-order valence-corrected chi connectivity index (χ4v) is 3.88. The number of carbonyl (C=O) groups is 1. The summed E-state index contributed by atoms with van der Waals surface area (Å²) in [5.41, 5.74) is 1.41. The summed E-state index contributed by atoms with van der Waals surface area (Å²) in [5, 5.41) is 4.89. The van der Waals surface area contributed by atoms with E-state index >= 15 is 0 Å². The first kappa shape index (κ1) is 30.0. The first-order chi connectivity index (χ1) is 18.3. The van der Waals surface area contributed by atoms with Crippen LogP contribution in [0.2, 0.25) is 0 Å². The summed E-state index contributed by atoms with van der Waals surface area (Å²) >= 11 is 0. The quantitative estimate of drug-likeness (QED) is 0.432. The number of allylic oxidation sites excluding steroid dienone is 2. The van der Waals surface area contributed by atoms with Gasteiger partial charge in [-0.05, 0) is 61.7 Å². The molecule has 1 aliphatic heterocycles. The van der Waals surface area contributed by atoms with E-state index in [4.69, 9.17) is 4.99 Å². The SMILES string of the molecule is C#C.C=C/C(C/C=c1/cc(NC(=O)c2ccnc(N3CCN(C)CC3)c2)nc/c1=C/C)=N\C(=C/C)N(C)C. The number of anilines is 2. The fourth-order valence-electron chi connectivity index (χ4n) is 3.88. The monoisotopic (exact) mass is 513 g/mol. The van der Waals surface area contributed by atoms with Crippen LogP contribution < -0.4 is 20.7 Å². The number of nitrogens with one attached hydrogen (secondary N) is 1. The molecule has 0 saturated carbocycles. The van der Waals surface area contributed by atoms with Gasteiger partial charge in [0.25, 0.3) is 5.91 Å². The van der Waals surface area contributed by atoms with Gasteiger partial charge in [0, 0.05) is 70.4 Å². The second kappa shape index (κ2) is 15.1. The van der Waals surface area contributed by atoms with Crippen molar-refractivity contribution >= 4 is 35.4 Å². The van der Waals surface area contributed by atoms with Gasteiger partial charge in [-0.2, -0.15) is 0 Å². The predicted molar refractivity (Wildman–Crippen MR) is 160 cm³/mol. The third kappa shape index (κ3) is 8.43. The van der Waals surface area contributed by atoms with Crippen molar-refractivity contribution in [2.75, 3.05) is 57.5 Å². The minimum Gasteiger partial charge on any atom is -0.363 e. The molecule has 0 bridgehead atoms. The Bertz CT molecular complexity index is 1300. The molecular formula is C30H39N7O. The molecule has 1 N–H and O–H groups in total. The molecule has 3 heterocycles. The molecule has 0 unspecified atom stereocenters. The van der Waals surface area contributed by atoms with E-state index in [1.54, 1.807) is 24.5 Å². The zero-order valence-corrected chi connectivity index (χ0v) is 23.2. The first-order valence-electron chi connectivity index (χ1n) is 12.5. The minimum absolute atomic E-state index is 0.212. The molecule has 0 aromatic carbocycles. The molecule has 1 fully saturated rings. The average Bonchev–Trinajstić information content (AvgIpc) is 2.94. The fraction of sp³-hybridized carbons (Fsp3) is 0.333. The van der Waals surface area contributed by atoms with E-state index in [1.807, 2.05) is 57.1 Å². The number of terminal acetylenes is 1. The second-order valence-corrected chi connectivity index (χ2v) is 8.89.